The zero-order chi connectivity index (χ0) is 13.7. The zero-order valence-corrected chi connectivity index (χ0v) is 12.1. The second-order valence-electron chi connectivity index (χ2n) is 4.03. The van der Waals surface area contributed by atoms with E-state index < -0.39 is 6.10 Å². The normalized spacial score (nSPS) is 11.9. The van der Waals surface area contributed by atoms with Gasteiger partial charge in [-0.2, -0.15) is 0 Å². The summed E-state index contributed by atoms with van der Waals surface area (Å²) >= 11 is 3.38. The van der Waals surface area contributed by atoms with Crippen molar-refractivity contribution in [2.45, 2.75) is 6.10 Å². The molecular weight excluding hydrogens is 308 g/mol. The smallest absolute Gasteiger partial charge is 0.162 e. The highest BCUT2D eigenvalue weighted by atomic mass is 79.9. The highest BCUT2D eigenvalue weighted by Gasteiger charge is 2.10. The summed E-state index contributed by atoms with van der Waals surface area (Å²) in [6, 6.07) is 14.9. The number of methoxy groups -OCH3 is 1. The number of ether oxygens (including phenoxy) is 2. The first kappa shape index (κ1) is 13.9. The van der Waals surface area contributed by atoms with E-state index in [1.54, 1.807) is 7.11 Å². The molecule has 3 nitrogen and oxygen atoms in total. The molecule has 0 aromatic heterocycles. The van der Waals surface area contributed by atoms with Gasteiger partial charge >= 0.3 is 0 Å². The van der Waals surface area contributed by atoms with E-state index in [0.29, 0.717) is 11.5 Å². The molecule has 0 unspecified atom stereocenters. The van der Waals surface area contributed by atoms with Crippen LogP contribution in [0.5, 0.6) is 11.5 Å². The van der Waals surface area contributed by atoms with Crippen LogP contribution < -0.4 is 9.47 Å². The molecule has 100 valence electrons. The van der Waals surface area contributed by atoms with Gasteiger partial charge in [0.25, 0.3) is 0 Å². The fourth-order valence-electron chi connectivity index (χ4n) is 1.70. The Hall–Kier alpha value is -1.52. The third-order valence-corrected chi connectivity index (χ3v) is 3.20. The molecular formula is C15H15BrO3. The first-order valence-corrected chi connectivity index (χ1v) is 6.69. The van der Waals surface area contributed by atoms with E-state index in [1.807, 2.05) is 48.5 Å². The zero-order valence-electron chi connectivity index (χ0n) is 10.5. The van der Waals surface area contributed by atoms with Crippen LogP contribution in [0.25, 0.3) is 0 Å². The van der Waals surface area contributed by atoms with Crippen molar-refractivity contribution >= 4 is 15.9 Å². The molecule has 0 aliphatic heterocycles. The Kier molecular flexibility index (Phi) is 4.82. The second-order valence-corrected chi connectivity index (χ2v) is 4.95. The number of aliphatic hydroxyl groups excluding tert-OH is 1. The molecule has 1 atom stereocenters. The third-order valence-electron chi connectivity index (χ3n) is 2.71. The van der Waals surface area contributed by atoms with Crippen molar-refractivity contribution in [3.05, 3.63) is 58.6 Å². The Bertz CT molecular complexity index is 528. The SMILES string of the molecule is COc1ccc(Br)cc1OC[C@H](O)c1ccccc1. The standard InChI is InChI=1S/C15H15BrO3/c1-18-14-8-7-12(16)9-15(14)19-10-13(17)11-5-3-2-4-6-11/h2-9,13,17H,10H2,1H3/t13-/m0/s1. The molecule has 0 saturated heterocycles. The molecule has 0 aliphatic carbocycles. The molecule has 0 spiro atoms. The van der Waals surface area contributed by atoms with Gasteiger partial charge in [-0.1, -0.05) is 46.3 Å². The number of halogens is 1. The van der Waals surface area contributed by atoms with Gasteiger partial charge < -0.3 is 14.6 Å². The minimum absolute atomic E-state index is 0.177. The van der Waals surface area contributed by atoms with Crippen LogP contribution in [-0.4, -0.2) is 18.8 Å². The van der Waals surface area contributed by atoms with E-state index in [2.05, 4.69) is 15.9 Å². The van der Waals surface area contributed by atoms with Crippen molar-refractivity contribution in [2.75, 3.05) is 13.7 Å². The molecule has 0 heterocycles. The van der Waals surface area contributed by atoms with E-state index in [4.69, 9.17) is 9.47 Å². The van der Waals surface area contributed by atoms with Crippen LogP contribution in [0, 0.1) is 0 Å². The van der Waals surface area contributed by atoms with E-state index in [1.165, 1.54) is 0 Å². The Morgan fingerprint density at radius 3 is 2.53 bits per heavy atom. The number of hydrogen-bond acceptors (Lipinski definition) is 3. The molecule has 0 aliphatic rings. The van der Waals surface area contributed by atoms with Gasteiger partial charge in [0.05, 0.1) is 7.11 Å². The highest BCUT2D eigenvalue weighted by molar-refractivity contribution is 9.10. The summed E-state index contributed by atoms with van der Waals surface area (Å²) in [5.74, 6) is 1.25. The lowest BCUT2D eigenvalue weighted by Gasteiger charge is -2.15. The van der Waals surface area contributed by atoms with Gasteiger partial charge in [-0.3, -0.25) is 0 Å². The van der Waals surface area contributed by atoms with E-state index in [-0.39, 0.29) is 6.61 Å². The van der Waals surface area contributed by atoms with Crippen LogP contribution in [0.15, 0.2) is 53.0 Å². The molecule has 1 N–H and O–H groups in total. The first-order chi connectivity index (χ1) is 9.20. The summed E-state index contributed by atoms with van der Waals surface area (Å²) in [6.07, 6.45) is -0.662. The monoisotopic (exact) mass is 322 g/mol. The number of aliphatic hydroxyl groups is 1. The van der Waals surface area contributed by atoms with Crippen LogP contribution in [0.4, 0.5) is 0 Å². The third kappa shape index (κ3) is 3.72. The summed E-state index contributed by atoms with van der Waals surface area (Å²) in [5.41, 5.74) is 0.830. The van der Waals surface area contributed by atoms with E-state index >= 15 is 0 Å². The number of rotatable bonds is 5. The van der Waals surface area contributed by atoms with Crippen molar-refractivity contribution in [1.82, 2.24) is 0 Å². The molecule has 19 heavy (non-hydrogen) atoms. The van der Waals surface area contributed by atoms with Crippen LogP contribution in [-0.2, 0) is 0 Å². The Balaban J connectivity index is 2.04. The van der Waals surface area contributed by atoms with Gasteiger partial charge in [-0.05, 0) is 23.8 Å². The topological polar surface area (TPSA) is 38.7 Å². The number of hydrogen-bond donors (Lipinski definition) is 1. The first-order valence-electron chi connectivity index (χ1n) is 5.90. The maximum absolute atomic E-state index is 10.0. The largest absolute Gasteiger partial charge is 0.493 e. The van der Waals surface area contributed by atoms with Gasteiger partial charge in [0.1, 0.15) is 12.7 Å². The lowest BCUT2D eigenvalue weighted by atomic mass is 10.1. The quantitative estimate of drug-likeness (QED) is 0.914. The Morgan fingerprint density at radius 2 is 1.84 bits per heavy atom. The summed E-state index contributed by atoms with van der Waals surface area (Å²) in [4.78, 5) is 0. The fraction of sp³-hybridized carbons (Fsp3) is 0.200. The van der Waals surface area contributed by atoms with Gasteiger partial charge in [-0.25, -0.2) is 0 Å². The predicted molar refractivity (Wildman–Crippen MR) is 77.6 cm³/mol. The molecule has 2 aromatic carbocycles. The summed E-state index contributed by atoms with van der Waals surface area (Å²) in [6.45, 7) is 0.177. The van der Waals surface area contributed by atoms with Gasteiger partial charge in [-0.15, -0.1) is 0 Å². The molecule has 0 fully saturated rings. The van der Waals surface area contributed by atoms with Gasteiger partial charge in [0.15, 0.2) is 11.5 Å². The van der Waals surface area contributed by atoms with Crippen molar-refractivity contribution < 1.29 is 14.6 Å². The molecule has 0 radical (unpaired) electrons. The Labute approximate surface area is 120 Å². The van der Waals surface area contributed by atoms with E-state index in [0.717, 1.165) is 10.0 Å². The molecule has 0 bridgehead atoms. The maximum Gasteiger partial charge on any atom is 0.162 e. The minimum Gasteiger partial charge on any atom is -0.493 e. The summed E-state index contributed by atoms with van der Waals surface area (Å²) < 4.78 is 11.7. The van der Waals surface area contributed by atoms with Crippen LogP contribution >= 0.6 is 15.9 Å². The van der Waals surface area contributed by atoms with Gasteiger partial charge in [0.2, 0.25) is 0 Å². The second kappa shape index (κ2) is 6.59. The highest BCUT2D eigenvalue weighted by Crippen LogP contribution is 2.31. The molecule has 4 heteroatoms. The lowest BCUT2D eigenvalue weighted by molar-refractivity contribution is 0.106. The van der Waals surface area contributed by atoms with Crippen molar-refractivity contribution in [2.24, 2.45) is 0 Å². The molecule has 2 rings (SSSR count). The average Bonchev–Trinajstić information content (AvgIpc) is 2.46. The molecule has 0 saturated carbocycles. The average molecular weight is 323 g/mol. The van der Waals surface area contributed by atoms with E-state index in [9.17, 15) is 5.11 Å². The molecule has 2 aromatic rings. The predicted octanol–water partition coefficient (Wildman–Crippen LogP) is 3.57. The van der Waals surface area contributed by atoms with Crippen molar-refractivity contribution in [3.63, 3.8) is 0 Å². The minimum atomic E-state index is -0.662. The van der Waals surface area contributed by atoms with Gasteiger partial charge in [0, 0.05) is 4.47 Å². The van der Waals surface area contributed by atoms with Crippen LogP contribution in [0.2, 0.25) is 0 Å². The molecule has 0 amide bonds. The van der Waals surface area contributed by atoms with Crippen LogP contribution in [0.3, 0.4) is 0 Å². The summed E-state index contributed by atoms with van der Waals surface area (Å²) in [7, 11) is 1.59. The fourth-order valence-corrected chi connectivity index (χ4v) is 2.04. The van der Waals surface area contributed by atoms with Crippen LogP contribution in [0.1, 0.15) is 11.7 Å². The Morgan fingerprint density at radius 1 is 1.11 bits per heavy atom. The lowest BCUT2D eigenvalue weighted by Crippen LogP contribution is -2.10. The van der Waals surface area contributed by atoms with Crippen molar-refractivity contribution in [3.8, 4) is 11.5 Å². The number of benzene rings is 2. The van der Waals surface area contributed by atoms with Crippen molar-refractivity contribution in [1.29, 1.82) is 0 Å². The summed E-state index contributed by atoms with van der Waals surface area (Å²) in [5, 5.41) is 10.0. The maximum atomic E-state index is 10.0.